The molecular weight excluding hydrogens is 240 g/mol. The fraction of sp³-hybridized carbons (Fsp3) is 0.500. The zero-order valence-corrected chi connectivity index (χ0v) is 10.7. The summed E-state index contributed by atoms with van der Waals surface area (Å²) in [6.07, 6.45) is 6.36. The van der Waals surface area contributed by atoms with Crippen LogP contribution in [0.25, 0.3) is 6.08 Å². The van der Waals surface area contributed by atoms with E-state index < -0.39 is 0 Å². The Morgan fingerprint density at radius 1 is 1.56 bits per heavy atom. The fourth-order valence-corrected chi connectivity index (χ4v) is 4.29. The fourth-order valence-electron chi connectivity index (χ4n) is 2.63. The van der Waals surface area contributed by atoms with Crippen LogP contribution in [0.5, 0.6) is 0 Å². The number of halogens is 1. The van der Waals surface area contributed by atoms with Crippen molar-refractivity contribution >= 4 is 29.4 Å². The second-order valence-corrected chi connectivity index (χ2v) is 6.14. The summed E-state index contributed by atoms with van der Waals surface area (Å²) < 4.78 is 2.40. The van der Waals surface area contributed by atoms with Crippen molar-refractivity contribution in [2.24, 2.45) is 5.73 Å². The Balaban J connectivity index is 2.13. The summed E-state index contributed by atoms with van der Waals surface area (Å²) in [7, 11) is 0. The third-order valence-electron chi connectivity index (χ3n) is 3.29. The predicted octanol–water partition coefficient (Wildman–Crippen LogP) is 2.76. The number of nitrogens with zero attached hydrogens (tertiary/aromatic N) is 1. The molecular formula is C12H15ClN2S. The molecule has 2 nitrogen and oxygen atoms in total. The van der Waals surface area contributed by atoms with Gasteiger partial charge in [0.05, 0.1) is 5.25 Å². The summed E-state index contributed by atoms with van der Waals surface area (Å²) in [5, 5.41) is 1.55. The van der Waals surface area contributed by atoms with Crippen molar-refractivity contribution in [2.75, 3.05) is 12.3 Å². The van der Waals surface area contributed by atoms with Crippen molar-refractivity contribution in [1.29, 1.82) is 0 Å². The molecule has 4 heteroatoms. The van der Waals surface area contributed by atoms with Crippen molar-refractivity contribution in [3.05, 3.63) is 28.0 Å². The van der Waals surface area contributed by atoms with Gasteiger partial charge in [-0.15, -0.1) is 11.8 Å². The van der Waals surface area contributed by atoms with E-state index in [9.17, 15) is 0 Å². The molecule has 0 aromatic carbocycles. The topological polar surface area (TPSA) is 30.9 Å². The molecule has 2 N–H and O–H groups in total. The van der Waals surface area contributed by atoms with E-state index in [0.717, 1.165) is 24.4 Å². The minimum absolute atomic E-state index is 0.563. The minimum atomic E-state index is 0.563. The molecule has 3 rings (SSSR count). The predicted molar refractivity (Wildman–Crippen MR) is 70.8 cm³/mol. The van der Waals surface area contributed by atoms with E-state index in [1.54, 1.807) is 0 Å². The molecule has 16 heavy (non-hydrogen) atoms. The summed E-state index contributed by atoms with van der Waals surface area (Å²) in [5.74, 6) is 1.19. The molecule has 1 aromatic heterocycles. The maximum absolute atomic E-state index is 6.23. The van der Waals surface area contributed by atoms with E-state index in [1.807, 2.05) is 11.8 Å². The number of aryl methyl sites for hydroxylation is 1. The van der Waals surface area contributed by atoms with Crippen LogP contribution < -0.4 is 5.73 Å². The van der Waals surface area contributed by atoms with Gasteiger partial charge in [-0.05, 0) is 24.6 Å². The Kier molecular flexibility index (Phi) is 2.78. The van der Waals surface area contributed by atoms with Gasteiger partial charge in [0.15, 0.2) is 0 Å². The van der Waals surface area contributed by atoms with Crippen molar-refractivity contribution < 1.29 is 0 Å². The lowest BCUT2D eigenvalue weighted by Gasteiger charge is -2.28. The second-order valence-electron chi connectivity index (χ2n) is 4.34. The van der Waals surface area contributed by atoms with Crippen molar-refractivity contribution in [2.45, 2.75) is 24.6 Å². The highest BCUT2D eigenvalue weighted by atomic mass is 35.5. The van der Waals surface area contributed by atoms with Gasteiger partial charge < -0.3 is 10.3 Å². The summed E-state index contributed by atoms with van der Waals surface area (Å²) in [4.78, 5) is 0. The first-order chi connectivity index (χ1) is 7.79. The third kappa shape index (κ3) is 1.62. The van der Waals surface area contributed by atoms with E-state index in [-0.39, 0.29) is 0 Å². The molecule has 0 bridgehead atoms. The summed E-state index contributed by atoms with van der Waals surface area (Å²) in [6.45, 7) is 1.83. The zero-order valence-electron chi connectivity index (χ0n) is 9.08. The largest absolute Gasteiger partial charge is 0.349 e. The van der Waals surface area contributed by atoms with E-state index in [0.29, 0.717) is 11.8 Å². The first kappa shape index (κ1) is 10.8. The molecule has 2 aliphatic rings. The molecule has 0 spiro atoms. The molecule has 1 atom stereocenters. The van der Waals surface area contributed by atoms with E-state index in [4.69, 9.17) is 17.3 Å². The first-order valence-electron chi connectivity index (χ1n) is 5.69. The van der Waals surface area contributed by atoms with Gasteiger partial charge in [0.1, 0.15) is 0 Å². The number of nitrogens with two attached hydrogens (primary N) is 1. The third-order valence-corrected chi connectivity index (χ3v) is 4.77. The number of rotatable bonds is 2. The van der Waals surface area contributed by atoms with Gasteiger partial charge in [-0.1, -0.05) is 11.6 Å². The summed E-state index contributed by atoms with van der Waals surface area (Å²) in [6, 6.07) is 0. The molecule has 0 radical (unpaired) electrons. The average Bonchev–Trinajstić information content (AvgIpc) is 2.59. The molecule has 1 aliphatic carbocycles. The molecule has 1 aliphatic heterocycles. The second kappa shape index (κ2) is 4.13. The van der Waals surface area contributed by atoms with Gasteiger partial charge in [-0.3, -0.25) is 0 Å². The van der Waals surface area contributed by atoms with Crippen molar-refractivity contribution in [3.8, 4) is 0 Å². The highest BCUT2D eigenvalue weighted by molar-refractivity contribution is 7.99. The maximum atomic E-state index is 6.23. The number of aromatic nitrogens is 1. The Bertz CT molecular complexity index is 450. The monoisotopic (exact) mass is 254 g/mol. The molecule has 2 heterocycles. The summed E-state index contributed by atoms with van der Waals surface area (Å²) >= 11 is 8.26. The van der Waals surface area contributed by atoms with E-state index >= 15 is 0 Å². The van der Waals surface area contributed by atoms with Gasteiger partial charge >= 0.3 is 0 Å². The van der Waals surface area contributed by atoms with Crippen LogP contribution in [-0.4, -0.2) is 16.9 Å². The lowest BCUT2D eigenvalue weighted by Crippen LogP contribution is -2.16. The number of thioether (sulfide) groups is 1. The lowest BCUT2D eigenvalue weighted by atomic mass is 9.99. The van der Waals surface area contributed by atoms with E-state index in [1.165, 1.54) is 22.6 Å². The molecule has 0 fully saturated rings. The van der Waals surface area contributed by atoms with Gasteiger partial charge in [-0.2, -0.15) is 0 Å². The normalized spacial score (nSPS) is 22.9. The number of allylic oxidation sites excluding steroid dienone is 1. The Morgan fingerprint density at radius 2 is 2.44 bits per heavy atom. The van der Waals surface area contributed by atoms with Crippen LogP contribution in [-0.2, 0) is 13.0 Å². The number of hydrogen-bond donors (Lipinski definition) is 1. The van der Waals surface area contributed by atoms with Crippen LogP contribution in [0.1, 0.15) is 28.5 Å². The standard InChI is InChI=1S/C12H15ClN2S/c13-9-5-10-8(1-2-14)7-15-3-4-16-11(6-9)12(10)15/h5,7,11H,1-4,6,14H2. The lowest BCUT2D eigenvalue weighted by molar-refractivity contribution is 0.681. The molecule has 86 valence electrons. The maximum Gasteiger partial charge on any atom is 0.0505 e. The molecule has 1 aromatic rings. The van der Waals surface area contributed by atoms with Gasteiger partial charge in [0.25, 0.3) is 0 Å². The van der Waals surface area contributed by atoms with Crippen LogP contribution in [0.4, 0.5) is 0 Å². The highest BCUT2D eigenvalue weighted by Crippen LogP contribution is 2.46. The van der Waals surface area contributed by atoms with Crippen LogP contribution in [0, 0.1) is 0 Å². The average molecular weight is 255 g/mol. The molecule has 1 unspecified atom stereocenters. The smallest absolute Gasteiger partial charge is 0.0505 e. The van der Waals surface area contributed by atoms with Crippen LogP contribution in [0.3, 0.4) is 0 Å². The van der Waals surface area contributed by atoms with Crippen molar-refractivity contribution in [1.82, 2.24) is 4.57 Å². The Labute approximate surface area is 105 Å². The molecule has 0 saturated heterocycles. The Morgan fingerprint density at radius 3 is 3.25 bits per heavy atom. The summed E-state index contributed by atoms with van der Waals surface area (Å²) in [5.41, 5.74) is 9.85. The Hall–Kier alpha value is -0.380. The molecule has 0 saturated carbocycles. The van der Waals surface area contributed by atoms with Gasteiger partial charge in [-0.25, -0.2) is 0 Å². The molecule has 0 amide bonds. The highest BCUT2D eigenvalue weighted by Gasteiger charge is 2.29. The number of hydrogen-bond acceptors (Lipinski definition) is 2. The van der Waals surface area contributed by atoms with Crippen LogP contribution in [0.2, 0.25) is 0 Å². The minimum Gasteiger partial charge on any atom is -0.349 e. The van der Waals surface area contributed by atoms with Gasteiger partial charge in [0, 0.05) is 41.2 Å². The van der Waals surface area contributed by atoms with Crippen LogP contribution in [0.15, 0.2) is 11.2 Å². The SMILES string of the molecule is NCCc1cn2c3c1C=C(Cl)CC3SCC2. The van der Waals surface area contributed by atoms with Gasteiger partial charge in [0.2, 0.25) is 0 Å². The van der Waals surface area contributed by atoms with Crippen LogP contribution >= 0.6 is 23.4 Å². The quantitative estimate of drug-likeness (QED) is 0.880. The first-order valence-corrected chi connectivity index (χ1v) is 7.12. The zero-order chi connectivity index (χ0) is 11.1. The van der Waals surface area contributed by atoms with E-state index in [2.05, 4.69) is 16.8 Å². The van der Waals surface area contributed by atoms with Crippen molar-refractivity contribution in [3.63, 3.8) is 0 Å².